The molecule has 0 spiro atoms. The quantitative estimate of drug-likeness (QED) is 0.785. The lowest BCUT2D eigenvalue weighted by Gasteiger charge is -2.34. The zero-order valence-electron chi connectivity index (χ0n) is 14.3. The van der Waals surface area contributed by atoms with Crippen LogP contribution in [0.25, 0.3) is 0 Å². The van der Waals surface area contributed by atoms with E-state index in [1.54, 1.807) is 0 Å². The molecule has 3 unspecified atom stereocenters. The molecule has 4 atom stereocenters. The second-order valence-electron chi connectivity index (χ2n) is 8.48. The van der Waals surface area contributed by atoms with E-state index >= 15 is 0 Å². The second-order valence-corrected chi connectivity index (χ2v) is 8.48. The van der Waals surface area contributed by atoms with Gasteiger partial charge in [-0.05, 0) is 67.7 Å². The van der Waals surface area contributed by atoms with Crippen LogP contribution in [0.15, 0.2) is 0 Å². The van der Waals surface area contributed by atoms with Gasteiger partial charge in [0.05, 0.1) is 35.6 Å². The fourth-order valence-corrected chi connectivity index (χ4v) is 3.58. The molecule has 2 fully saturated rings. The van der Waals surface area contributed by atoms with Crippen molar-refractivity contribution in [3.05, 3.63) is 0 Å². The van der Waals surface area contributed by atoms with Crippen molar-refractivity contribution in [1.29, 1.82) is 0 Å². The van der Waals surface area contributed by atoms with Crippen LogP contribution in [0.5, 0.6) is 0 Å². The molecule has 0 bridgehead atoms. The van der Waals surface area contributed by atoms with E-state index in [1.165, 1.54) is 12.8 Å². The maximum atomic E-state index is 6.38. The van der Waals surface area contributed by atoms with E-state index in [9.17, 15) is 0 Å². The first-order chi connectivity index (χ1) is 9.03. The monoisotopic (exact) mass is 284 g/mol. The molecule has 3 heteroatoms. The van der Waals surface area contributed by atoms with Crippen molar-refractivity contribution in [2.45, 2.75) is 96.7 Å². The summed E-state index contributed by atoms with van der Waals surface area (Å²) in [5.74, 6) is 0.471. The summed E-state index contributed by atoms with van der Waals surface area (Å²) in [5.41, 5.74) is -0.355. The molecule has 1 saturated carbocycles. The van der Waals surface area contributed by atoms with Crippen molar-refractivity contribution in [2.24, 2.45) is 5.92 Å². The van der Waals surface area contributed by atoms with E-state index in [2.05, 4.69) is 48.5 Å². The Kier molecular flexibility index (Phi) is 4.27. The van der Waals surface area contributed by atoms with Crippen LogP contribution in [0, 0.1) is 5.92 Å². The Bertz CT molecular complexity index is 339. The summed E-state index contributed by atoms with van der Waals surface area (Å²) in [5, 5.41) is 0. The van der Waals surface area contributed by atoms with Crippen LogP contribution < -0.4 is 0 Å². The standard InChI is InChI=1S/C17H32O3/c1-12-14(20-16(5,6)7)13-9-8-10-17(13,19-12)11-18-15(2,3)4/h12-14H,8-11H2,1-7H3/t12?,13?,14?,17-/m1/s1. The first kappa shape index (κ1) is 16.3. The Balaban J connectivity index is 2.10. The predicted octanol–water partition coefficient (Wildman–Crippen LogP) is 3.94. The largest absolute Gasteiger partial charge is 0.373 e. The van der Waals surface area contributed by atoms with Gasteiger partial charge < -0.3 is 14.2 Å². The van der Waals surface area contributed by atoms with Crippen LogP contribution in [-0.4, -0.2) is 35.6 Å². The van der Waals surface area contributed by atoms with Gasteiger partial charge in [0.2, 0.25) is 0 Å². The average molecular weight is 284 g/mol. The van der Waals surface area contributed by atoms with Gasteiger partial charge in [-0.3, -0.25) is 0 Å². The number of hydrogen-bond donors (Lipinski definition) is 0. The van der Waals surface area contributed by atoms with Gasteiger partial charge in [-0.2, -0.15) is 0 Å². The molecule has 3 nitrogen and oxygen atoms in total. The molecular weight excluding hydrogens is 252 g/mol. The zero-order chi connectivity index (χ0) is 15.2. The topological polar surface area (TPSA) is 27.7 Å². The molecule has 0 aromatic heterocycles. The fourth-order valence-electron chi connectivity index (χ4n) is 3.58. The molecule has 0 amide bonds. The van der Waals surface area contributed by atoms with E-state index < -0.39 is 0 Å². The Morgan fingerprint density at radius 3 is 2.30 bits per heavy atom. The molecular formula is C17H32O3. The average Bonchev–Trinajstić information content (AvgIpc) is 2.74. The summed E-state index contributed by atoms with van der Waals surface area (Å²) in [7, 11) is 0. The normalized spacial score (nSPS) is 38.2. The molecule has 0 aromatic carbocycles. The van der Waals surface area contributed by atoms with Gasteiger partial charge in [0.25, 0.3) is 0 Å². The van der Waals surface area contributed by atoms with Crippen molar-refractivity contribution in [2.75, 3.05) is 6.61 Å². The Morgan fingerprint density at radius 2 is 1.75 bits per heavy atom. The molecule has 1 heterocycles. The van der Waals surface area contributed by atoms with Crippen LogP contribution >= 0.6 is 0 Å². The Hall–Kier alpha value is -0.120. The van der Waals surface area contributed by atoms with Crippen molar-refractivity contribution in [1.82, 2.24) is 0 Å². The van der Waals surface area contributed by atoms with Crippen molar-refractivity contribution < 1.29 is 14.2 Å². The molecule has 0 radical (unpaired) electrons. The summed E-state index contributed by atoms with van der Waals surface area (Å²) in [6.07, 6.45) is 3.86. The van der Waals surface area contributed by atoms with Gasteiger partial charge >= 0.3 is 0 Å². The molecule has 1 saturated heterocycles. The highest BCUT2D eigenvalue weighted by atomic mass is 16.6. The summed E-state index contributed by atoms with van der Waals surface area (Å²) in [6, 6.07) is 0. The summed E-state index contributed by atoms with van der Waals surface area (Å²) in [6.45, 7) is 15.5. The van der Waals surface area contributed by atoms with Crippen LogP contribution in [0.4, 0.5) is 0 Å². The smallest absolute Gasteiger partial charge is 0.0973 e. The maximum Gasteiger partial charge on any atom is 0.0973 e. The van der Waals surface area contributed by atoms with E-state index in [0.29, 0.717) is 12.5 Å². The number of fused-ring (bicyclic) bond motifs is 1. The molecule has 0 aromatic rings. The van der Waals surface area contributed by atoms with Gasteiger partial charge in [-0.15, -0.1) is 0 Å². The Morgan fingerprint density at radius 1 is 1.10 bits per heavy atom. The molecule has 1 aliphatic heterocycles. The van der Waals surface area contributed by atoms with Crippen molar-refractivity contribution in [3.8, 4) is 0 Å². The van der Waals surface area contributed by atoms with Gasteiger partial charge in [0.1, 0.15) is 0 Å². The first-order valence-corrected chi connectivity index (χ1v) is 8.02. The molecule has 1 aliphatic carbocycles. The summed E-state index contributed by atoms with van der Waals surface area (Å²) in [4.78, 5) is 0. The van der Waals surface area contributed by atoms with Gasteiger partial charge in [0.15, 0.2) is 0 Å². The lowest BCUT2D eigenvalue weighted by Crippen LogP contribution is -2.42. The highest BCUT2D eigenvalue weighted by molar-refractivity contribution is 5.05. The molecule has 2 aliphatic rings. The Labute approximate surface area is 124 Å². The van der Waals surface area contributed by atoms with Crippen LogP contribution in [0.2, 0.25) is 0 Å². The summed E-state index contributed by atoms with van der Waals surface area (Å²) < 4.78 is 18.7. The number of rotatable bonds is 3. The van der Waals surface area contributed by atoms with Gasteiger partial charge in [0, 0.05) is 5.92 Å². The third-order valence-corrected chi connectivity index (χ3v) is 4.31. The van der Waals surface area contributed by atoms with Crippen LogP contribution in [-0.2, 0) is 14.2 Å². The zero-order valence-corrected chi connectivity index (χ0v) is 14.3. The third-order valence-electron chi connectivity index (χ3n) is 4.31. The molecule has 0 N–H and O–H groups in total. The molecule has 20 heavy (non-hydrogen) atoms. The van der Waals surface area contributed by atoms with E-state index in [4.69, 9.17) is 14.2 Å². The number of hydrogen-bond acceptors (Lipinski definition) is 3. The van der Waals surface area contributed by atoms with Crippen LogP contribution in [0.1, 0.15) is 67.7 Å². The number of ether oxygens (including phenoxy) is 3. The minimum atomic E-state index is -0.122. The SMILES string of the molecule is CC1O[C@@]2(COC(C)(C)C)CCCC2C1OC(C)(C)C. The highest BCUT2D eigenvalue weighted by Gasteiger charge is 2.57. The predicted molar refractivity (Wildman–Crippen MR) is 81.0 cm³/mol. The van der Waals surface area contributed by atoms with E-state index in [0.717, 1.165) is 6.42 Å². The highest BCUT2D eigenvalue weighted by Crippen LogP contribution is 2.50. The van der Waals surface area contributed by atoms with Crippen molar-refractivity contribution in [3.63, 3.8) is 0 Å². The summed E-state index contributed by atoms with van der Waals surface area (Å²) >= 11 is 0. The van der Waals surface area contributed by atoms with Gasteiger partial charge in [-0.1, -0.05) is 0 Å². The molecule has 118 valence electrons. The maximum absolute atomic E-state index is 6.38. The van der Waals surface area contributed by atoms with Crippen molar-refractivity contribution >= 4 is 0 Å². The van der Waals surface area contributed by atoms with Gasteiger partial charge in [-0.25, -0.2) is 0 Å². The van der Waals surface area contributed by atoms with E-state index in [1.807, 2.05) is 0 Å². The van der Waals surface area contributed by atoms with Crippen LogP contribution in [0.3, 0.4) is 0 Å². The minimum absolute atomic E-state index is 0.114. The second kappa shape index (κ2) is 5.26. The fraction of sp³-hybridized carbons (Fsp3) is 1.00. The lowest BCUT2D eigenvalue weighted by molar-refractivity contribution is -0.131. The minimum Gasteiger partial charge on any atom is -0.373 e. The van der Waals surface area contributed by atoms with E-state index in [-0.39, 0.29) is 29.0 Å². The third kappa shape index (κ3) is 3.55. The first-order valence-electron chi connectivity index (χ1n) is 8.02. The lowest BCUT2D eigenvalue weighted by atomic mass is 9.88. The molecule has 2 rings (SSSR count).